The summed E-state index contributed by atoms with van der Waals surface area (Å²) in [6, 6.07) is 67.1. The van der Waals surface area contributed by atoms with Crippen LogP contribution in [0.5, 0.6) is 0 Å². The second-order valence-electron chi connectivity index (χ2n) is 16.9. The average molecular weight is 723 g/mol. The lowest BCUT2D eigenvalue weighted by Crippen LogP contribution is -2.48. The van der Waals surface area contributed by atoms with Crippen molar-refractivity contribution in [1.29, 1.82) is 0 Å². The number of nitrogens with zero attached hydrogens (tertiary/aromatic N) is 2. The van der Waals surface area contributed by atoms with Crippen LogP contribution in [0.25, 0.3) is 50.0 Å². The van der Waals surface area contributed by atoms with E-state index < -0.39 is 0 Å². The predicted octanol–water partition coefficient (Wildman–Crippen LogP) is 14.6. The molecule has 4 aliphatic carbocycles. The number of benzene rings is 7. The van der Waals surface area contributed by atoms with Gasteiger partial charge in [0.2, 0.25) is 0 Å². The highest BCUT2D eigenvalue weighted by molar-refractivity contribution is 5.88. The molecule has 0 spiro atoms. The lowest BCUT2D eigenvalue weighted by molar-refractivity contribution is -0.00518. The summed E-state index contributed by atoms with van der Waals surface area (Å²) in [4.78, 5) is 2.38. The summed E-state index contributed by atoms with van der Waals surface area (Å²) in [7, 11) is 0. The molecule has 2 nitrogen and oxygen atoms in total. The molecule has 4 aliphatic rings. The first-order valence-corrected chi connectivity index (χ1v) is 20.6. The van der Waals surface area contributed by atoms with Crippen LogP contribution in [-0.4, -0.2) is 4.57 Å². The quantitative estimate of drug-likeness (QED) is 0.152. The zero-order valence-electron chi connectivity index (χ0n) is 31.8. The van der Waals surface area contributed by atoms with Crippen molar-refractivity contribution in [2.24, 2.45) is 17.8 Å². The first-order valence-electron chi connectivity index (χ1n) is 20.6. The van der Waals surface area contributed by atoms with Gasteiger partial charge in [-0.1, -0.05) is 115 Å². The van der Waals surface area contributed by atoms with Gasteiger partial charge < -0.3 is 9.47 Å². The molecular formula is C54H46N2. The number of anilines is 3. The molecule has 0 aliphatic heterocycles. The van der Waals surface area contributed by atoms with Crippen LogP contribution in [0.1, 0.15) is 44.1 Å². The second-order valence-corrected chi connectivity index (χ2v) is 16.9. The molecule has 2 heteroatoms. The van der Waals surface area contributed by atoms with E-state index in [0.717, 1.165) is 34.8 Å². The normalized spacial score (nSPS) is 21.0. The van der Waals surface area contributed by atoms with Crippen molar-refractivity contribution in [2.45, 2.75) is 43.9 Å². The predicted molar refractivity (Wildman–Crippen MR) is 234 cm³/mol. The van der Waals surface area contributed by atoms with E-state index in [1.807, 2.05) is 0 Å². The summed E-state index contributed by atoms with van der Waals surface area (Å²) in [5, 5.41) is 1.23. The molecule has 4 fully saturated rings. The van der Waals surface area contributed by atoms with Crippen LogP contribution in [0.15, 0.2) is 188 Å². The Morgan fingerprint density at radius 3 is 1.36 bits per heavy atom. The topological polar surface area (TPSA) is 8.17 Å². The van der Waals surface area contributed by atoms with E-state index in [9.17, 15) is 0 Å². The maximum absolute atomic E-state index is 2.47. The zero-order valence-corrected chi connectivity index (χ0v) is 31.8. The van der Waals surface area contributed by atoms with Crippen LogP contribution in [0, 0.1) is 17.8 Å². The van der Waals surface area contributed by atoms with Crippen molar-refractivity contribution >= 4 is 28.0 Å². The molecule has 272 valence electrons. The molecule has 0 atom stereocenters. The highest BCUT2D eigenvalue weighted by Gasteiger charge is 2.51. The average Bonchev–Trinajstić information content (AvgIpc) is 3.68. The summed E-state index contributed by atoms with van der Waals surface area (Å²) < 4.78 is 2.26. The van der Waals surface area contributed by atoms with Crippen LogP contribution >= 0.6 is 0 Å². The van der Waals surface area contributed by atoms with Crippen LogP contribution in [0.3, 0.4) is 0 Å². The minimum atomic E-state index is 0.435. The number of fused-ring (bicyclic) bond motifs is 1. The third-order valence-electron chi connectivity index (χ3n) is 13.4. The Labute approximate surface area is 330 Å². The van der Waals surface area contributed by atoms with Gasteiger partial charge in [0, 0.05) is 34.3 Å². The summed E-state index contributed by atoms with van der Waals surface area (Å²) in [6.45, 7) is 0. The fourth-order valence-electron chi connectivity index (χ4n) is 11.1. The van der Waals surface area contributed by atoms with E-state index >= 15 is 0 Å². The van der Waals surface area contributed by atoms with Crippen molar-refractivity contribution < 1.29 is 0 Å². The Morgan fingerprint density at radius 1 is 0.411 bits per heavy atom. The van der Waals surface area contributed by atoms with Gasteiger partial charge in [0.25, 0.3) is 0 Å². The van der Waals surface area contributed by atoms with Gasteiger partial charge >= 0.3 is 0 Å². The molecule has 8 aromatic rings. The summed E-state index contributed by atoms with van der Waals surface area (Å²) in [6.07, 6.45) is 10.9. The van der Waals surface area contributed by atoms with Crippen molar-refractivity contribution in [3.8, 4) is 39.1 Å². The summed E-state index contributed by atoms with van der Waals surface area (Å²) in [5.74, 6) is 2.89. The fourth-order valence-corrected chi connectivity index (χ4v) is 11.1. The third-order valence-corrected chi connectivity index (χ3v) is 13.4. The molecule has 0 amide bonds. The summed E-state index contributed by atoms with van der Waals surface area (Å²) >= 11 is 0. The molecule has 0 unspecified atom stereocenters. The first-order chi connectivity index (χ1) is 27.6. The van der Waals surface area contributed by atoms with Gasteiger partial charge in [0.1, 0.15) is 0 Å². The highest BCUT2D eigenvalue weighted by atomic mass is 15.1. The van der Waals surface area contributed by atoms with Crippen LogP contribution in [0.2, 0.25) is 0 Å². The Balaban J connectivity index is 0.897. The molecule has 56 heavy (non-hydrogen) atoms. The second kappa shape index (κ2) is 13.6. The molecule has 4 bridgehead atoms. The largest absolute Gasteiger partial charge is 0.317 e. The Bertz CT molecular complexity index is 2580. The van der Waals surface area contributed by atoms with Gasteiger partial charge in [-0.3, -0.25) is 0 Å². The minimum Gasteiger partial charge on any atom is -0.317 e. The lowest BCUT2D eigenvalue weighted by atomic mass is 9.48. The molecule has 0 radical (unpaired) electrons. The molecular weight excluding hydrogens is 677 g/mol. The van der Waals surface area contributed by atoms with Gasteiger partial charge in [-0.2, -0.15) is 0 Å². The van der Waals surface area contributed by atoms with Gasteiger partial charge in [0.05, 0.1) is 5.52 Å². The van der Waals surface area contributed by atoms with Crippen LogP contribution in [-0.2, 0) is 5.41 Å². The maximum atomic E-state index is 2.47. The standard InChI is InChI=1S/C54H46N2/c1-3-7-41(8-4-1)43-13-22-50(23-14-43)56(52-26-17-45(18-27-52)46-19-28-53-47(34-46)29-30-55(53)49-9-5-2-6-10-49)51-24-15-44(16-25-51)42-11-20-48(21-12-42)54-35-38-31-39(36-54)33-40(32-38)37-54/h1-30,34,38-40H,31-33,35-37H2. The Kier molecular flexibility index (Phi) is 8.05. The molecule has 7 aromatic carbocycles. The molecule has 4 saturated carbocycles. The van der Waals surface area contributed by atoms with E-state index in [2.05, 4.69) is 198 Å². The molecule has 0 saturated heterocycles. The third kappa shape index (κ3) is 5.96. The van der Waals surface area contributed by atoms with Gasteiger partial charge in [-0.25, -0.2) is 0 Å². The number of rotatable bonds is 8. The zero-order chi connectivity index (χ0) is 37.1. The Hall–Kier alpha value is -6.12. The molecule has 1 heterocycles. The lowest BCUT2D eigenvalue weighted by Gasteiger charge is -2.57. The first kappa shape index (κ1) is 33.2. The fraction of sp³-hybridized carbons (Fsp3) is 0.185. The van der Waals surface area contributed by atoms with Crippen molar-refractivity contribution in [1.82, 2.24) is 4.57 Å². The number of hydrogen-bond donors (Lipinski definition) is 0. The number of hydrogen-bond acceptors (Lipinski definition) is 1. The highest BCUT2D eigenvalue weighted by Crippen LogP contribution is 2.60. The van der Waals surface area contributed by atoms with E-state index in [4.69, 9.17) is 0 Å². The van der Waals surface area contributed by atoms with Crippen LogP contribution < -0.4 is 4.90 Å². The number of para-hydroxylation sites is 1. The molecule has 0 N–H and O–H groups in total. The van der Waals surface area contributed by atoms with Crippen molar-refractivity contribution in [3.63, 3.8) is 0 Å². The van der Waals surface area contributed by atoms with E-state index in [-0.39, 0.29) is 0 Å². The van der Waals surface area contributed by atoms with E-state index in [1.54, 1.807) is 5.56 Å². The molecule has 12 rings (SSSR count). The van der Waals surface area contributed by atoms with Gasteiger partial charge in [-0.15, -0.1) is 0 Å². The van der Waals surface area contributed by atoms with E-state index in [0.29, 0.717) is 5.41 Å². The molecule has 1 aromatic heterocycles. The summed E-state index contributed by atoms with van der Waals surface area (Å²) in [5.41, 5.74) is 15.2. The van der Waals surface area contributed by atoms with Crippen molar-refractivity contribution in [3.05, 3.63) is 194 Å². The Morgan fingerprint density at radius 2 is 0.839 bits per heavy atom. The maximum Gasteiger partial charge on any atom is 0.0528 e. The number of aromatic nitrogens is 1. The SMILES string of the molecule is c1ccc(-c2ccc(N(c3ccc(-c4ccc(C56CC7CC(CC(C7)C5)C6)cc4)cc3)c3ccc(-c4ccc5c(ccn5-c5ccccc5)c4)cc3)cc2)cc1. The monoisotopic (exact) mass is 722 g/mol. The smallest absolute Gasteiger partial charge is 0.0528 e. The van der Waals surface area contributed by atoms with E-state index in [1.165, 1.54) is 88.5 Å². The van der Waals surface area contributed by atoms with Gasteiger partial charge in [-0.05, 0) is 167 Å². The van der Waals surface area contributed by atoms with Crippen LogP contribution in [0.4, 0.5) is 17.1 Å². The van der Waals surface area contributed by atoms with Gasteiger partial charge in [0.15, 0.2) is 0 Å². The minimum absolute atomic E-state index is 0.435. The van der Waals surface area contributed by atoms with Crippen molar-refractivity contribution in [2.75, 3.05) is 4.90 Å².